The molecule has 1 aromatic carbocycles. The van der Waals surface area contributed by atoms with Gasteiger partial charge in [0, 0.05) is 13.0 Å². The van der Waals surface area contributed by atoms with E-state index in [9.17, 15) is 0 Å². The lowest BCUT2D eigenvalue weighted by atomic mass is 10.3. The molecule has 23 heavy (non-hydrogen) atoms. The van der Waals surface area contributed by atoms with Gasteiger partial charge in [-0.15, -0.1) is 0 Å². The van der Waals surface area contributed by atoms with Crippen molar-refractivity contribution >= 4 is 17.1 Å². The second-order valence-corrected chi connectivity index (χ2v) is 5.34. The first-order valence-corrected chi connectivity index (χ1v) is 7.45. The van der Waals surface area contributed by atoms with Gasteiger partial charge in [0.25, 0.3) is 6.01 Å². The fourth-order valence-electron chi connectivity index (χ4n) is 2.61. The molecule has 0 spiro atoms. The zero-order valence-electron chi connectivity index (χ0n) is 12.7. The minimum absolute atomic E-state index is 0.0124. The Kier molecular flexibility index (Phi) is 3.45. The van der Waals surface area contributed by atoms with Crippen LogP contribution in [-0.2, 0) is 0 Å². The number of aromatic nitrogens is 3. The van der Waals surface area contributed by atoms with Gasteiger partial charge >= 0.3 is 6.01 Å². The zero-order valence-corrected chi connectivity index (χ0v) is 12.7. The van der Waals surface area contributed by atoms with E-state index in [-0.39, 0.29) is 6.10 Å². The number of hydrogen-bond donors (Lipinski definition) is 0. The first-order valence-electron chi connectivity index (χ1n) is 7.45. The molecule has 1 saturated heterocycles. The number of rotatable bonds is 4. The second-order valence-electron chi connectivity index (χ2n) is 5.34. The van der Waals surface area contributed by atoms with Crippen LogP contribution in [0.3, 0.4) is 0 Å². The minimum atomic E-state index is 0.0124. The lowest BCUT2D eigenvalue weighted by Crippen LogP contribution is -2.25. The lowest BCUT2D eigenvalue weighted by molar-refractivity contribution is 0.205. The van der Waals surface area contributed by atoms with Crippen LogP contribution in [0.5, 0.6) is 11.8 Å². The van der Waals surface area contributed by atoms with Crippen LogP contribution in [0.2, 0.25) is 0 Å². The zero-order chi connectivity index (χ0) is 15.6. The summed E-state index contributed by atoms with van der Waals surface area (Å²) in [5, 5.41) is 0. The van der Waals surface area contributed by atoms with Crippen LogP contribution in [0.15, 0.2) is 41.1 Å². The molecule has 7 nitrogen and oxygen atoms in total. The van der Waals surface area contributed by atoms with Gasteiger partial charge in [-0.3, -0.25) is 0 Å². The van der Waals surface area contributed by atoms with Crippen molar-refractivity contribution in [1.82, 2.24) is 15.0 Å². The van der Waals surface area contributed by atoms with Gasteiger partial charge in [-0.2, -0.15) is 15.0 Å². The number of oxazole rings is 1. The monoisotopic (exact) mass is 312 g/mol. The molecule has 2 aromatic heterocycles. The van der Waals surface area contributed by atoms with Crippen molar-refractivity contribution in [3.05, 3.63) is 36.7 Å². The van der Waals surface area contributed by atoms with E-state index >= 15 is 0 Å². The highest BCUT2D eigenvalue weighted by atomic mass is 16.5. The van der Waals surface area contributed by atoms with Gasteiger partial charge in [-0.1, -0.05) is 12.1 Å². The fourth-order valence-corrected chi connectivity index (χ4v) is 2.61. The van der Waals surface area contributed by atoms with Crippen LogP contribution in [-0.4, -0.2) is 41.3 Å². The Morgan fingerprint density at radius 1 is 1.22 bits per heavy atom. The third-order valence-electron chi connectivity index (χ3n) is 3.81. The number of methoxy groups -OCH3 is 1. The van der Waals surface area contributed by atoms with Crippen molar-refractivity contribution in [2.24, 2.45) is 0 Å². The molecule has 1 fully saturated rings. The average Bonchev–Trinajstić information content (AvgIpc) is 3.21. The highest BCUT2D eigenvalue weighted by Gasteiger charge is 2.28. The summed E-state index contributed by atoms with van der Waals surface area (Å²) in [6.45, 7) is 1.52. The number of ether oxygens (including phenoxy) is 2. The Bertz CT molecular complexity index is 769. The predicted octanol–water partition coefficient (Wildman–Crippen LogP) is 2.28. The standard InChI is InChI=1S/C16H16N4O3/c1-21-12-8-17-15(18-9-12)22-11-6-7-20(10-11)16-19-13-4-2-3-5-14(13)23-16/h2-5,8-9,11H,6-7,10H2,1H3. The molecule has 0 aliphatic carbocycles. The number of nitrogens with zero attached hydrogens (tertiary/aromatic N) is 4. The molecular weight excluding hydrogens is 296 g/mol. The molecule has 3 heterocycles. The van der Waals surface area contributed by atoms with Crippen molar-refractivity contribution in [2.75, 3.05) is 25.1 Å². The smallest absolute Gasteiger partial charge is 0.316 e. The summed E-state index contributed by atoms with van der Waals surface area (Å²) in [6, 6.07) is 8.74. The summed E-state index contributed by atoms with van der Waals surface area (Å²) in [5.41, 5.74) is 1.66. The van der Waals surface area contributed by atoms with Crippen LogP contribution in [0, 0.1) is 0 Å². The summed E-state index contributed by atoms with van der Waals surface area (Å²) in [7, 11) is 1.58. The minimum Gasteiger partial charge on any atom is -0.494 e. The number of para-hydroxylation sites is 2. The van der Waals surface area contributed by atoms with Crippen molar-refractivity contribution in [1.29, 1.82) is 0 Å². The maximum Gasteiger partial charge on any atom is 0.316 e. The maximum absolute atomic E-state index is 5.81. The Morgan fingerprint density at radius 3 is 2.83 bits per heavy atom. The van der Waals surface area contributed by atoms with Gasteiger partial charge in [0.2, 0.25) is 0 Å². The van der Waals surface area contributed by atoms with Crippen LogP contribution in [0.4, 0.5) is 6.01 Å². The van der Waals surface area contributed by atoms with E-state index in [0.29, 0.717) is 24.3 Å². The topological polar surface area (TPSA) is 73.5 Å². The summed E-state index contributed by atoms with van der Waals surface area (Å²) in [6.07, 6.45) is 4.07. The predicted molar refractivity (Wildman–Crippen MR) is 83.8 cm³/mol. The first kappa shape index (κ1) is 13.8. The van der Waals surface area contributed by atoms with E-state index in [1.54, 1.807) is 19.5 Å². The summed E-state index contributed by atoms with van der Waals surface area (Å²) in [5.74, 6) is 0.608. The van der Waals surface area contributed by atoms with Crippen molar-refractivity contribution < 1.29 is 13.9 Å². The van der Waals surface area contributed by atoms with Gasteiger partial charge in [0.15, 0.2) is 11.3 Å². The van der Waals surface area contributed by atoms with Gasteiger partial charge in [0.1, 0.15) is 11.6 Å². The molecule has 118 valence electrons. The Labute approximate surface area is 132 Å². The molecule has 0 N–H and O–H groups in total. The molecule has 1 atom stereocenters. The third-order valence-corrected chi connectivity index (χ3v) is 3.81. The molecule has 4 rings (SSSR count). The number of fused-ring (bicyclic) bond motifs is 1. The normalized spacial score (nSPS) is 17.6. The molecule has 0 amide bonds. The SMILES string of the molecule is COc1cnc(OC2CCN(c3nc4ccccc4o3)C2)nc1. The van der Waals surface area contributed by atoms with Crippen LogP contribution in [0.25, 0.3) is 11.1 Å². The lowest BCUT2D eigenvalue weighted by Gasteiger charge is -2.14. The van der Waals surface area contributed by atoms with Crippen molar-refractivity contribution in [2.45, 2.75) is 12.5 Å². The second kappa shape index (κ2) is 5.75. The van der Waals surface area contributed by atoms with Crippen LogP contribution in [0.1, 0.15) is 6.42 Å². The molecule has 0 radical (unpaired) electrons. The molecule has 1 aliphatic heterocycles. The molecule has 1 unspecified atom stereocenters. The van der Waals surface area contributed by atoms with E-state index in [0.717, 1.165) is 24.1 Å². The molecule has 7 heteroatoms. The summed E-state index contributed by atoms with van der Waals surface area (Å²) in [4.78, 5) is 14.9. The largest absolute Gasteiger partial charge is 0.494 e. The summed E-state index contributed by atoms with van der Waals surface area (Å²) >= 11 is 0. The van der Waals surface area contributed by atoms with Gasteiger partial charge in [-0.25, -0.2) is 0 Å². The van der Waals surface area contributed by atoms with E-state index in [2.05, 4.69) is 19.9 Å². The molecular formula is C16H16N4O3. The first-order chi connectivity index (χ1) is 11.3. The highest BCUT2D eigenvalue weighted by molar-refractivity contribution is 5.74. The molecule has 1 aliphatic rings. The number of hydrogen-bond acceptors (Lipinski definition) is 7. The molecule has 0 saturated carbocycles. The fraction of sp³-hybridized carbons (Fsp3) is 0.312. The highest BCUT2D eigenvalue weighted by Crippen LogP contribution is 2.25. The van der Waals surface area contributed by atoms with Gasteiger partial charge < -0.3 is 18.8 Å². The number of benzene rings is 1. The maximum atomic E-state index is 5.81. The van der Waals surface area contributed by atoms with Gasteiger partial charge in [-0.05, 0) is 12.1 Å². The van der Waals surface area contributed by atoms with E-state index in [1.807, 2.05) is 24.3 Å². The van der Waals surface area contributed by atoms with Gasteiger partial charge in [0.05, 0.1) is 26.0 Å². The van der Waals surface area contributed by atoms with Crippen molar-refractivity contribution in [3.63, 3.8) is 0 Å². The Morgan fingerprint density at radius 2 is 2.04 bits per heavy atom. The number of anilines is 1. The van der Waals surface area contributed by atoms with Crippen molar-refractivity contribution in [3.8, 4) is 11.8 Å². The average molecular weight is 312 g/mol. The third kappa shape index (κ3) is 2.77. The summed E-state index contributed by atoms with van der Waals surface area (Å²) < 4.78 is 16.6. The quantitative estimate of drug-likeness (QED) is 0.731. The molecule has 3 aromatic rings. The Balaban J connectivity index is 1.43. The van der Waals surface area contributed by atoms with E-state index in [4.69, 9.17) is 13.9 Å². The van der Waals surface area contributed by atoms with Crippen LogP contribution >= 0.6 is 0 Å². The molecule has 0 bridgehead atoms. The van der Waals surface area contributed by atoms with E-state index in [1.165, 1.54) is 0 Å². The Hall–Kier alpha value is -2.83. The van der Waals surface area contributed by atoms with E-state index < -0.39 is 0 Å². The van der Waals surface area contributed by atoms with Crippen LogP contribution < -0.4 is 14.4 Å².